The Hall–Kier alpha value is -2.19. The summed E-state index contributed by atoms with van der Waals surface area (Å²) in [6.07, 6.45) is 2.42. The van der Waals surface area contributed by atoms with Crippen molar-refractivity contribution < 1.29 is 23.9 Å². The first kappa shape index (κ1) is 21.5. The highest BCUT2D eigenvalue weighted by atomic mass is 32.1. The lowest BCUT2D eigenvalue weighted by Gasteiger charge is -2.18. The molecule has 1 atom stereocenters. The standard InChI is InChI=1S/C21H25NO5S2/c1-11(2)27-21(25)18-14-7-5-12(3)9-16(14)29-19(18)22-17(23)10-26-20(24)15-8-6-13(4)28-15/h6,8,11-12H,5,7,9-10H2,1-4H3,(H,22,23). The number of esters is 2. The van der Waals surface area contributed by atoms with Gasteiger partial charge in [-0.1, -0.05) is 6.92 Å². The van der Waals surface area contributed by atoms with Crippen molar-refractivity contribution in [3.63, 3.8) is 0 Å². The van der Waals surface area contributed by atoms with Gasteiger partial charge in [-0.05, 0) is 63.6 Å². The molecule has 2 aromatic rings. The van der Waals surface area contributed by atoms with Crippen LogP contribution in [0.25, 0.3) is 0 Å². The second-order valence-corrected chi connectivity index (χ2v) is 9.94. The van der Waals surface area contributed by atoms with Gasteiger partial charge in [-0.25, -0.2) is 9.59 Å². The average Bonchev–Trinajstić information content (AvgIpc) is 3.21. The minimum Gasteiger partial charge on any atom is -0.459 e. The summed E-state index contributed by atoms with van der Waals surface area (Å²) in [5.74, 6) is -0.892. The number of carbonyl (C=O) groups is 3. The maximum Gasteiger partial charge on any atom is 0.348 e. The summed E-state index contributed by atoms with van der Waals surface area (Å²) in [6.45, 7) is 7.25. The summed E-state index contributed by atoms with van der Waals surface area (Å²) in [4.78, 5) is 39.7. The molecule has 0 spiro atoms. The van der Waals surface area contributed by atoms with Gasteiger partial charge in [-0.15, -0.1) is 22.7 Å². The third-order valence-corrected chi connectivity index (χ3v) is 6.74. The number of nitrogens with one attached hydrogen (secondary N) is 1. The summed E-state index contributed by atoms with van der Waals surface area (Å²) in [6, 6.07) is 3.50. The molecule has 2 heterocycles. The minimum atomic E-state index is -0.531. The van der Waals surface area contributed by atoms with Crippen LogP contribution >= 0.6 is 22.7 Å². The molecule has 0 aliphatic heterocycles. The molecule has 1 N–H and O–H groups in total. The van der Waals surface area contributed by atoms with Gasteiger partial charge in [0.05, 0.1) is 11.7 Å². The van der Waals surface area contributed by atoms with E-state index in [0.29, 0.717) is 21.4 Å². The number of hydrogen-bond donors (Lipinski definition) is 1. The molecule has 0 bridgehead atoms. The highest BCUT2D eigenvalue weighted by Gasteiger charge is 2.29. The van der Waals surface area contributed by atoms with Crippen LogP contribution in [-0.2, 0) is 27.1 Å². The van der Waals surface area contributed by atoms with Gasteiger partial charge in [-0.2, -0.15) is 0 Å². The van der Waals surface area contributed by atoms with Crippen molar-refractivity contribution in [2.45, 2.75) is 53.1 Å². The Morgan fingerprint density at radius 2 is 1.97 bits per heavy atom. The van der Waals surface area contributed by atoms with Gasteiger partial charge >= 0.3 is 11.9 Å². The largest absolute Gasteiger partial charge is 0.459 e. The second kappa shape index (κ2) is 9.09. The van der Waals surface area contributed by atoms with Crippen LogP contribution in [-0.4, -0.2) is 30.6 Å². The molecule has 2 aromatic heterocycles. The Morgan fingerprint density at radius 3 is 2.62 bits per heavy atom. The highest BCUT2D eigenvalue weighted by Crippen LogP contribution is 2.40. The van der Waals surface area contributed by atoms with Crippen LogP contribution < -0.4 is 5.32 Å². The van der Waals surface area contributed by atoms with E-state index in [4.69, 9.17) is 9.47 Å². The van der Waals surface area contributed by atoms with E-state index < -0.39 is 24.5 Å². The fourth-order valence-electron chi connectivity index (χ4n) is 3.24. The molecule has 0 radical (unpaired) electrons. The first-order valence-electron chi connectivity index (χ1n) is 9.63. The molecule has 0 aromatic carbocycles. The zero-order chi connectivity index (χ0) is 21.1. The van der Waals surface area contributed by atoms with E-state index in [-0.39, 0.29) is 6.10 Å². The molecule has 156 valence electrons. The number of hydrogen-bond acceptors (Lipinski definition) is 7. The van der Waals surface area contributed by atoms with Gasteiger partial charge in [0.15, 0.2) is 6.61 Å². The number of carbonyl (C=O) groups excluding carboxylic acids is 3. The van der Waals surface area contributed by atoms with E-state index >= 15 is 0 Å². The zero-order valence-electron chi connectivity index (χ0n) is 17.0. The molecule has 1 amide bonds. The Labute approximate surface area is 178 Å². The molecule has 0 saturated heterocycles. The van der Waals surface area contributed by atoms with Crippen molar-refractivity contribution in [3.8, 4) is 0 Å². The Kier molecular flexibility index (Phi) is 6.74. The minimum absolute atomic E-state index is 0.251. The van der Waals surface area contributed by atoms with Gasteiger partial charge in [0.25, 0.3) is 5.91 Å². The number of aryl methyl sites for hydroxylation is 1. The summed E-state index contributed by atoms with van der Waals surface area (Å²) in [7, 11) is 0. The summed E-state index contributed by atoms with van der Waals surface area (Å²) >= 11 is 2.73. The van der Waals surface area contributed by atoms with Crippen LogP contribution in [0.5, 0.6) is 0 Å². The molecule has 0 fully saturated rings. The van der Waals surface area contributed by atoms with Gasteiger partial charge < -0.3 is 14.8 Å². The van der Waals surface area contributed by atoms with E-state index in [1.165, 1.54) is 22.7 Å². The molecule has 8 heteroatoms. The first-order chi connectivity index (χ1) is 13.7. The SMILES string of the molecule is Cc1ccc(C(=O)OCC(=O)Nc2sc3c(c2C(=O)OC(C)C)CCC(C)C3)s1. The number of thiophene rings is 2. The monoisotopic (exact) mass is 435 g/mol. The maximum atomic E-state index is 12.7. The van der Waals surface area contributed by atoms with Gasteiger partial charge in [-0.3, -0.25) is 4.79 Å². The number of rotatable bonds is 6. The Bertz CT molecular complexity index is 928. The van der Waals surface area contributed by atoms with Crippen molar-refractivity contribution in [2.24, 2.45) is 5.92 Å². The van der Waals surface area contributed by atoms with Crippen LogP contribution in [0, 0.1) is 12.8 Å². The van der Waals surface area contributed by atoms with Crippen molar-refractivity contribution in [2.75, 3.05) is 11.9 Å². The summed E-state index contributed by atoms with van der Waals surface area (Å²) in [5.41, 5.74) is 1.42. The van der Waals surface area contributed by atoms with Crippen LogP contribution in [0.4, 0.5) is 5.00 Å². The fraction of sp³-hybridized carbons (Fsp3) is 0.476. The van der Waals surface area contributed by atoms with Crippen molar-refractivity contribution in [1.82, 2.24) is 0 Å². The molecule has 6 nitrogen and oxygen atoms in total. The smallest absolute Gasteiger partial charge is 0.348 e. The van der Waals surface area contributed by atoms with Crippen LogP contribution in [0.1, 0.15) is 62.5 Å². The predicted molar refractivity (Wildman–Crippen MR) is 114 cm³/mol. The van der Waals surface area contributed by atoms with Crippen molar-refractivity contribution >= 4 is 45.5 Å². The quantitative estimate of drug-likeness (QED) is 0.671. The Balaban J connectivity index is 1.72. The highest BCUT2D eigenvalue weighted by molar-refractivity contribution is 7.17. The molecule has 29 heavy (non-hydrogen) atoms. The number of amides is 1. The molecule has 1 unspecified atom stereocenters. The number of anilines is 1. The third-order valence-electron chi connectivity index (χ3n) is 4.59. The molecule has 3 rings (SSSR count). The second-order valence-electron chi connectivity index (χ2n) is 7.54. The normalized spacial score (nSPS) is 15.7. The Morgan fingerprint density at radius 1 is 1.21 bits per heavy atom. The summed E-state index contributed by atoms with van der Waals surface area (Å²) in [5, 5.41) is 3.23. The van der Waals surface area contributed by atoms with Crippen LogP contribution in [0.15, 0.2) is 12.1 Å². The zero-order valence-corrected chi connectivity index (χ0v) is 18.6. The van der Waals surface area contributed by atoms with Gasteiger partial charge in [0.1, 0.15) is 9.88 Å². The first-order valence-corrected chi connectivity index (χ1v) is 11.3. The maximum absolute atomic E-state index is 12.7. The number of ether oxygens (including phenoxy) is 2. The molecular formula is C21H25NO5S2. The molecule has 0 saturated carbocycles. The van der Waals surface area contributed by atoms with E-state index in [0.717, 1.165) is 34.6 Å². The van der Waals surface area contributed by atoms with Gasteiger partial charge in [0.2, 0.25) is 0 Å². The van der Waals surface area contributed by atoms with Crippen molar-refractivity contribution in [1.29, 1.82) is 0 Å². The van der Waals surface area contributed by atoms with Crippen LogP contribution in [0.2, 0.25) is 0 Å². The van der Waals surface area contributed by atoms with Gasteiger partial charge in [0, 0.05) is 9.75 Å². The van der Waals surface area contributed by atoms with Crippen LogP contribution in [0.3, 0.4) is 0 Å². The van der Waals surface area contributed by atoms with E-state index in [9.17, 15) is 14.4 Å². The number of fused-ring (bicyclic) bond motifs is 1. The molecule has 1 aliphatic carbocycles. The average molecular weight is 436 g/mol. The van der Waals surface area contributed by atoms with E-state index in [1.54, 1.807) is 19.9 Å². The van der Waals surface area contributed by atoms with E-state index in [1.807, 2.05) is 13.0 Å². The third kappa shape index (κ3) is 5.25. The van der Waals surface area contributed by atoms with E-state index in [2.05, 4.69) is 12.2 Å². The lowest BCUT2D eigenvalue weighted by atomic mass is 9.88. The molecular weight excluding hydrogens is 410 g/mol. The predicted octanol–water partition coefficient (Wildman–Crippen LogP) is 4.60. The topological polar surface area (TPSA) is 81.7 Å². The lowest BCUT2D eigenvalue weighted by Crippen LogP contribution is -2.22. The lowest BCUT2D eigenvalue weighted by molar-refractivity contribution is -0.119. The summed E-state index contributed by atoms with van der Waals surface area (Å²) < 4.78 is 10.5. The van der Waals surface area contributed by atoms with Crippen molar-refractivity contribution in [3.05, 3.63) is 37.9 Å². The molecule has 1 aliphatic rings. The fourth-order valence-corrected chi connectivity index (χ4v) is 5.41.